The molecule has 1 N–H and O–H groups in total. The molecule has 0 aliphatic heterocycles. The van der Waals surface area contributed by atoms with Gasteiger partial charge in [-0.2, -0.15) is 0 Å². The van der Waals surface area contributed by atoms with Crippen LogP contribution in [0.1, 0.15) is 51.5 Å². The van der Waals surface area contributed by atoms with Crippen molar-refractivity contribution in [2.75, 3.05) is 17.5 Å². The summed E-state index contributed by atoms with van der Waals surface area (Å²) in [5.41, 5.74) is 1.17. The molecule has 8 nitrogen and oxygen atoms in total. The van der Waals surface area contributed by atoms with Gasteiger partial charge in [-0.3, -0.25) is 13.9 Å². The molecule has 0 saturated heterocycles. The van der Waals surface area contributed by atoms with E-state index in [-0.39, 0.29) is 23.4 Å². The van der Waals surface area contributed by atoms with Gasteiger partial charge < -0.3 is 15.0 Å². The van der Waals surface area contributed by atoms with E-state index in [1.165, 1.54) is 17.0 Å². The SMILES string of the molecule is CCOc1ccc(N(CC(=O)N(Cc2ccccc2)[C@@H](C)C(=O)NC2CCCCC2)S(=O)(=O)c2ccccc2)cc1. The van der Waals surface area contributed by atoms with E-state index in [4.69, 9.17) is 4.74 Å². The smallest absolute Gasteiger partial charge is 0.264 e. The van der Waals surface area contributed by atoms with Crippen LogP contribution in [-0.2, 0) is 26.2 Å². The fraction of sp³-hybridized carbons (Fsp3) is 0.375. The molecule has 1 aliphatic carbocycles. The maximum atomic E-state index is 14.0. The molecular formula is C32H39N3O5S. The zero-order chi connectivity index (χ0) is 29.2. The van der Waals surface area contributed by atoms with Gasteiger partial charge in [-0.25, -0.2) is 8.42 Å². The highest BCUT2D eigenvalue weighted by molar-refractivity contribution is 7.92. The lowest BCUT2D eigenvalue weighted by Gasteiger charge is -2.33. The van der Waals surface area contributed by atoms with E-state index in [0.717, 1.165) is 42.0 Å². The molecule has 0 heterocycles. The Hall–Kier alpha value is -3.85. The average molecular weight is 578 g/mol. The molecule has 1 fully saturated rings. The Morgan fingerprint density at radius 2 is 1.51 bits per heavy atom. The van der Waals surface area contributed by atoms with Crippen molar-refractivity contribution in [1.29, 1.82) is 0 Å². The third kappa shape index (κ3) is 7.88. The third-order valence-electron chi connectivity index (χ3n) is 7.36. The average Bonchev–Trinajstić information content (AvgIpc) is 3.00. The van der Waals surface area contributed by atoms with Crippen molar-refractivity contribution < 1.29 is 22.7 Å². The monoisotopic (exact) mass is 577 g/mol. The molecule has 0 unspecified atom stereocenters. The molecule has 3 aromatic carbocycles. The Bertz CT molecular complexity index is 1380. The van der Waals surface area contributed by atoms with Gasteiger partial charge in [-0.1, -0.05) is 67.8 Å². The number of carbonyl (C=O) groups excluding carboxylic acids is 2. The van der Waals surface area contributed by atoms with E-state index in [0.29, 0.717) is 18.0 Å². The molecule has 0 radical (unpaired) electrons. The summed E-state index contributed by atoms with van der Waals surface area (Å²) in [6.45, 7) is 3.73. The Labute approximate surface area is 243 Å². The van der Waals surface area contributed by atoms with E-state index in [1.807, 2.05) is 37.3 Å². The Morgan fingerprint density at radius 1 is 0.902 bits per heavy atom. The van der Waals surface area contributed by atoms with Gasteiger partial charge in [-0.05, 0) is 68.7 Å². The Balaban J connectivity index is 1.65. The summed E-state index contributed by atoms with van der Waals surface area (Å²) >= 11 is 0. The van der Waals surface area contributed by atoms with Gasteiger partial charge in [0, 0.05) is 12.6 Å². The zero-order valence-corrected chi connectivity index (χ0v) is 24.6. The van der Waals surface area contributed by atoms with Crippen molar-refractivity contribution in [1.82, 2.24) is 10.2 Å². The van der Waals surface area contributed by atoms with Gasteiger partial charge >= 0.3 is 0 Å². The first kappa shape index (κ1) is 30.1. The molecular weight excluding hydrogens is 538 g/mol. The number of amides is 2. The number of nitrogens with zero attached hydrogens (tertiary/aromatic N) is 2. The number of sulfonamides is 1. The lowest BCUT2D eigenvalue weighted by Crippen LogP contribution is -2.53. The van der Waals surface area contributed by atoms with Crippen molar-refractivity contribution in [3.8, 4) is 5.75 Å². The van der Waals surface area contributed by atoms with Gasteiger partial charge in [0.25, 0.3) is 10.0 Å². The first-order valence-electron chi connectivity index (χ1n) is 14.2. The molecule has 1 atom stereocenters. The van der Waals surface area contributed by atoms with Crippen molar-refractivity contribution in [3.63, 3.8) is 0 Å². The van der Waals surface area contributed by atoms with Crippen LogP contribution in [0.3, 0.4) is 0 Å². The minimum atomic E-state index is -4.10. The number of nitrogens with one attached hydrogen (secondary N) is 1. The summed E-state index contributed by atoms with van der Waals surface area (Å²) in [6.07, 6.45) is 5.15. The number of anilines is 1. The summed E-state index contributed by atoms with van der Waals surface area (Å²) in [4.78, 5) is 28.9. The normalized spacial score (nSPS) is 14.6. The predicted molar refractivity (Wildman–Crippen MR) is 160 cm³/mol. The zero-order valence-electron chi connectivity index (χ0n) is 23.7. The number of rotatable bonds is 12. The van der Waals surface area contributed by atoms with E-state index < -0.39 is 28.5 Å². The highest BCUT2D eigenvalue weighted by Gasteiger charge is 2.33. The number of benzene rings is 3. The van der Waals surface area contributed by atoms with Crippen LogP contribution in [0.5, 0.6) is 5.75 Å². The van der Waals surface area contributed by atoms with Crippen molar-refractivity contribution in [3.05, 3.63) is 90.5 Å². The molecule has 2 amide bonds. The second-order valence-corrected chi connectivity index (χ2v) is 12.1. The van der Waals surface area contributed by atoms with Crippen LogP contribution in [0.4, 0.5) is 5.69 Å². The molecule has 9 heteroatoms. The van der Waals surface area contributed by atoms with Gasteiger partial charge in [0.15, 0.2) is 0 Å². The van der Waals surface area contributed by atoms with E-state index in [9.17, 15) is 18.0 Å². The standard InChI is InChI=1S/C32H39N3O5S/c1-3-40-29-21-19-28(20-22-29)35(41(38,39)30-17-11-6-12-18-30)24-31(36)34(23-26-13-7-4-8-14-26)25(2)32(37)33-27-15-9-5-10-16-27/h4,6-8,11-14,17-22,25,27H,3,5,9-10,15-16,23-24H2,1-2H3,(H,33,37)/t25-/m0/s1. The fourth-order valence-corrected chi connectivity index (χ4v) is 6.49. The van der Waals surface area contributed by atoms with Crippen LogP contribution < -0.4 is 14.4 Å². The molecule has 0 bridgehead atoms. The number of hydrogen-bond acceptors (Lipinski definition) is 5. The van der Waals surface area contributed by atoms with Crippen molar-refractivity contribution in [2.45, 2.75) is 69.5 Å². The molecule has 3 aromatic rings. The minimum absolute atomic E-state index is 0.0689. The van der Waals surface area contributed by atoms with Gasteiger partial charge in [0.1, 0.15) is 18.3 Å². The summed E-state index contributed by atoms with van der Waals surface area (Å²) in [5.74, 6) is -0.119. The highest BCUT2D eigenvalue weighted by atomic mass is 32.2. The fourth-order valence-electron chi connectivity index (χ4n) is 5.06. The topological polar surface area (TPSA) is 96.0 Å². The number of carbonyl (C=O) groups is 2. The summed E-state index contributed by atoms with van der Waals surface area (Å²) < 4.78 is 34.4. The van der Waals surface area contributed by atoms with Crippen LogP contribution in [0.15, 0.2) is 89.8 Å². The maximum absolute atomic E-state index is 14.0. The van der Waals surface area contributed by atoms with E-state index in [2.05, 4.69) is 5.32 Å². The first-order valence-corrected chi connectivity index (χ1v) is 15.7. The van der Waals surface area contributed by atoms with E-state index in [1.54, 1.807) is 49.4 Å². The number of hydrogen-bond donors (Lipinski definition) is 1. The van der Waals surface area contributed by atoms with Gasteiger partial charge in [-0.15, -0.1) is 0 Å². The third-order valence-corrected chi connectivity index (χ3v) is 9.15. The van der Waals surface area contributed by atoms with Crippen LogP contribution in [0.2, 0.25) is 0 Å². The number of ether oxygens (including phenoxy) is 1. The van der Waals surface area contributed by atoms with Crippen LogP contribution in [0, 0.1) is 0 Å². The van der Waals surface area contributed by atoms with Crippen LogP contribution in [0.25, 0.3) is 0 Å². The highest BCUT2D eigenvalue weighted by Crippen LogP contribution is 2.27. The van der Waals surface area contributed by atoms with Gasteiger partial charge in [0.05, 0.1) is 17.2 Å². The van der Waals surface area contributed by atoms with Crippen LogP contribution in [-0.4, -0.2) is 50.4 Å². The molecule has 1 saturated carbocycles. The predicted octanol–water partition coefficient (Wildman–Crippen LogP) is 5.15. The molecule has 4 rings (SSSR count). The summed E-state index contributed by atoms with van der Waals surface area (Å²) in [5, 5.41) is 3.12. The Kier molecular flexibility index (Phi) is 10.4. The second-order valence-electron chi connectivity index (χ2n) is 10.3. The minimum Gasteiger partial charge on any atom is -0.494 e. The maximum Gasteiger partial charge on any atom is 0.264 e. The lowest BCUT2D eigenvalue weighted by molar-refractivity contribution is -0.139. The van der Waals surface area contributed by atoms with Crippen molar-refractivity contribution in [2.24, 2.45) is 0 Å². The largest absolute Gasteiger partial charge is 0.494 e. The van der Waals surface area contributed by atoms with E-state index >= 15 is 0 Å². The quantitative estimate of drug-likeness (QED) is 0.321. The first-order chi connectivity index (χ1) is 19.8. The molecule has 1 aliphatic rings. The molecule has 0 spiro atoms. The van der Waals surface area contributed by atoms with Crippen LogP contribution >= 0.6 is 0 Å². The van der Waals surface area contributed by atoms with Gasteiger partial charge in [0.2, 0.25) is 11.8 Å². The molecule has 0 aromatic heterocycles. The molecule has 41 heavy (non-hydrogen) atoms. The lowest BCUT2D eigenvalue weighted by atomic mass is 9.95. The van der Waals surface area contributed by atoms with Crippen molar-refractivity contribution >= 4 is 27.5 Å². The summed E-state index contributed by atoms with van der Waals surface area (Å²) in [6, 6.07) is 23.3. The summed E-state index contributed by atoms with van der Waals surface area (Å²) in [7, 11) is -4.10. The molecule has 218 valence electrons. The second kappa shape index (κ2) is 14.2. The Morgan fingerprint density at radius 3 is 2.12 bits per heavy atom.